The second kappa shape index (κ2) is 7.70. The highest BCUT2D eigenvalue weighted by Crippen LogP contribution is 2.66. The molecule has 2 unspecified atom stereocenters. The summed E-state index contributed by atoms with van der Waals surface area (Å²) in [7, 11) is 0. The molecule has 3 aliphatic carbocycles. The van der Waals surface area contributed by atoms with Crippen molar-refractivity contribution in [3.8, 4) is 0 Å². The molecular formula is C24H41NOS2. The van der Waals surface area contributed by atoms with Crippen LogP contribution in [0.25, 0.3) is 0 Å². The molecule has 0 bridgehead atoms. The first-order chi connectivity index (χ1) is 13.2. The van der Waals surface area contributed by atoms with Gasteiger partial charge in [-0.2, -0.15) is 11.8 Å². The summed E-state index contributed by atoms with van der Waals surface area (Å²) in [5.74, 6) is 2.99. The number of nitrogens with zero attached hydrogens (tertiary/aromatic N) is 1. The predicted molar refractivity (Wildman–Crippen MR) is 123 cm³/mol. The van der Waals surface area contributed by atoms with E-state index in [1.807, 2.05) is 11.9 Å². The largest absolute Gasteiger partial charge is 0.282 e. The minimum Gasteiger partial charge on any atom is -0.282 e. The molecule has 160 valence electrons. The number of piperidine rings is 1. The molecule has 2 nitrogen and oxygen atoms in total. The maximum absolute atomic E-state index is 12.9. The van der Waals surface area contributed by atoms with Gasteiger partial charge in [0.25, 0.3) is 0 Å². The van der Waals surface area contributed by atoms with Gasteiger partial charge < -0.3 is 0 Å². The van der Waals surface area contributed by atoms with Gasteiger partial charge >= 0.3 is 0 Å². The number of carbonyl (C=O) groups is 1. The van der Waals surface area contributed by atoms with E-state index in [0.29, 0.717) is 33.3 Å². The molecule has 3 saturated carbocycles. The Morgan fingerprint density at radius 3 is 2.43 bits per heavy atom. The van der Waals surface area contributed by atoms with E-state index in [4.69, 9.17) is 0 Å². The topological polar surface area (TPSA) is 20.3 Å². The molecule has 4 rings (SSSR count). The Bertz CT molecular complexity index is 607. The lowest BCUT2D eigenvalue weighted by Crippen LogP contribution is -2.63. The van der Waals surface area contributed by atoms with E-state index in [-0.39, 0.29) is 0 Å². The lowest BCUT2D eigenvalue weighted by Gasteiger charge is -2.63. The summed E-state index contributed by atoms with van der Waals surface area (Å²) in [4.78, 5) is 12.9. The molecular weight excluding hydrogens is 382 g/mol. The predicted octanol–water partition coefficient (Wildman–Crippen LogP) is 6.79. The summed E-state index contributed by atoms with van der Waals surface area (Å²) in [6.07, 6.45) is 10.3. The summed E-state index contributed by atoms with van der Waals surface area (Å²) >= 11 is 4.06. The number of thioether (sulfide) groups is 1. The number of hydrogen-bond donors (Lipinski definition) is 0. The smallest absolute Gasteiger partial charge is 0.232 e. The SMILES string of the molecule is CC(C)SC1CC2N(SC(C)C)C(=O)CC[C@]2(C)[C@@H]2CC[C@]3(C)CCC[C@H]3[C@H]12. The molecule has 0 aromatic heterocycles. The van der Waals surface area contributed by atoms with Crippen LogP contribution >= 0.6 is 23.7 Å². The summed E-state index contributed by atoms with van der Waals surface area (Å²) < 4.78 is 2.26. The fourth-order valence-corrected chi connectivity index (χ4v) is 10.3. The molecule has 0 spiro atoms. The maximum atomic E-state index is 12.9. The molecule has 4 aliphatic rings. The van der Waals surface area contributed by atoms with Crippen LogP contribution in [0.1, 0.15) is 92.9 Å². The highest BCUT2D eigenvalue weighted by Gasteiger charge is 2.62. The number of fused-ring (bicyclic) bond motifs is 5. The Kier molecular flexibility index (Phi) is 5.88. The van der Waals surface area contributed by atoms with Crippen LogP contribution in [-0.2, 0) is 4.79 Å². The van der Waals surface area contributed by atoms with Gasteiger partial charge in [0, 0.05) is 16.9 Å². The van der Waals surface area contributed by atoms with Gasteiger partial charge in [-0.1, -0.05) is 48.0 Å². The van der Waals surface area contributed by atoms with Gasteiger partial charge in [-0.25, -0.2) is 0 Å². The molecule has 1 aliphatic heterocycles. The first-order valence-electron chi connectivity index (χ1n) is 11.8. The van der Waals surface area contributed by atoms with Gasteiger partial charge in [0.1, 0.15) is 0 Å². The molecule has 1 saturated heterocycles. The van der Waals surface area contributed by atoms with Gasteiger partial charge in [-0.3, -0.25) is 9.10 Å². The Labute approximate surface area is 181 Å². The number of carbonyl (C=O) groups excluding carboxylic acids is 1. The molecule has 28 heavy (non-hydrogen) atoms. The quantitative estimate of drug-likeness (QED) is 0.464. The second-order valence-electron chi connectivity index (χ2n) is 11.2. The zero-order chi connectivity index (χ0) is 20.3. The van der Waals surface area contributed by atoms with Crippen LogP contribution in [0.5, 0.6) is 0 Å². The third kappa shape index (κ3) is 3.47. The Hall–Kier alpha value is 0.170. The van der Waals surface area contributed by atoms with Crippen molar-refractivity contribution in [2.45, 2.75) is 115 Å². The highest BCUT2D eigenvalue weighted by atomic mass is 32.2. The monoisotopic (exact) mass is 423 g/mol. The number of amides is 1. The summed E-state index contributed by atoms with van der Waals surface area (Å²) in [6.45, 7) is 14.4. The normalized spacial score (nSPS) is 45.9. The van der Waals surface area contributed by atoms with E-state index >= 15 is 0 Å². The average Bonchev–Trinajstić information content (AvgIpc) is 3.00. The average molecular weight is 424 g/mol. The first kappa shape index (κ1) is 21.4. The zero-order valence-corrected chi connectivity index (χ0v) is 20.5. The van der Waals surface area contributed by atoms with Crippen molar-refractivity contribution < 1.29 is 4.79 Å². The van der Waals surface area contributed by atoms with E-state index in [0.717, 1.165) is 35.8 Å². The fraction of sp³-hybridized carbons (Fsp3) is 0.958. The molecule has 1 amide bonds. The van der Waals surface area contributed by atoms with Crippen LogP contribution in [0.3, 0.4) is 0 Å². The van der Waals surface area contributed by atoms with Crippen molar-refractivity contribution >= 4 is 29.6 Å². The van der Waals surface area contributed by atoms with Crippen LogP contribution < -0.4 is 0 Å². The van der Waals surface area contributed by atoms with Crippen molar-refractivity contribution in [2.75, 3.05) is 0 Å². The van der Waals surface area contributed by atoms with Crippen LogP contribution in [0.2, 0.25) is 0 Å². The molecule has 4 heteroatoms. The minimum absolute atomic E-state index is 0.318. The summed E-state index contributed by atoms with van der Waals surface area (Å²) in [6, 6.07) is 0.435. The first-order valence-corrected chi connectivity index (χ1v) is 13.6. The lowest BCUT2D eigenvalue weighted by atomic mass is 9.47. The van der Waals surface area contributed by atoms with Crippen LogP contribution in [-0.4, -0.2) is 32.0 Å². The van der Waals surface area contributed by atoms with E-state index in [2.05, 4.69) is 57.6 Å². The van der Waals surface area contributed by atoms with Crippen LogP contribution in [0.4, 0.5) is 0 Å². The van der Waals surface area contributed by atoms with E-state index in [9.17, 15) is 4.79 Å². The van der Waals surface area contributed by atoms with Crippen LogP contribution in [0.15, 0.2) is 0 Å². The molecule has 0 radical (unpaired) electrons. The molecule has 0 N–H and O–H groups in total. The fourth-order valence-electron chi connectivity index (χ4n) is 7.60. The van der Waals surface area contributed by atoms with Crippen molar-refractivity contribution in [1.29, 1.82) is 0 Å². The van der Waals surface area contributed by atoms with E-state index < -0.39 is 0 Å². The van der Waals surface area contributed by atoms with Crippen molar-refractivity contribution in [1.82, 2.24) is 4.31 Å². The van der Waals surface area contributed by atoms with Crippen molar-refractivity contribution in [2.24, 2.45) is 28.6 Å². The Morgan fingerprint density at radius 1 is 1.00 bits per heavy atom. The number of hydrogen-bond acceptors (Lipinski definition) is 3. The van der Waals surface area contributed by atoms with Gasteiger partial charge in [0.15, 0.2) is 0 Å². The zero-order valence-electron chi connectivity index (χ0n) is 18.9. The second-order valence-corrected chi connectivity index (χ2v) is 14.6. The van der Waals surface area contributed by atoms with Gasteiger partial charge in [-0.15, -0.1) is 0 Å². The highest BCUT2D eigenvalue weighted by molar-refractivity contribution is 8.00. The molecule has 4 fully saturated rings. The molecule has 1 heterocycles. The maximum Gasteiger partial charge on any atom is 0.232 e. The Balaban J connectivity index is 1.71. The van der Waals surface area contributed by atoms with Crippen molar-refractivity contribution in [3.05, 3.63) is 0 Å². The van der Waals surface area contributed by atoms with E-state index in [1.54, 1.807) is 0 Å². The molecule has 0 aromatic rings. The summed E-state index contributed by atoms with van der Waals surface area (Å²) in [5, 5.41) is 1.88. The Morgan fingerprint density at radius 2 is 1.75 bits per heavy atom. The van der Waals surface area contributed by atoms with Gasteiger partial charge in [0.2, 0.25) is 5.91 Å². The van der Waals surface area contributed by atoms with Gasteiger partial charge in [0.05, 0.1) is 6.04 Å². The van der Waals surface area contributed by atoms with Crippen LogP contribution in [0, 0.1) is 28.6 Å². The number of rotatable bonds is 4. The molecule has 0 aromatic carbocycles. The standard InChI is InChI=1S/C24H41NOS2/c1-15(2)27-19-14-20-24(6,13-10-21(26)25(20)28-16(3)4)18-9-12-23(5)11-7-8-17(23)22(18)19/h15-20,22H,7-14H2,1-6H3/t17-,18+,19?,20?,22-,23-,24+/m0/s1. The molecule has 7 atom stereocenters. The van der Waals surface area contributed by atoms with Gasteiger partial charge in [-0.05, 0) is 84.3 Å². The third-order valence-electron chi connectivity index (χ3n) is 8.78. The van der Waals surface area contributed by atoms with E-state index in [1.165, 1.54) is 38.5 Å². The summed E-state index contributed by atoms with van der Waals surface area (Å²) in [5.41, 5.74) is 0.912. The third-order valence-corrected chi connectivity index (χ3v) is 11.3. The van der Waals surface area contributed by atoms with Crippen molar-refractivity contribution in [3.63, 3.8) is 0 Å². The lowest BCUT2D eigenvalue weighted by molar-refractivity contribution is -0.147. The minimum atomic E-state index is 0.318.